The van der Waals surface area contributed by atoms with Crippen LogP contribution in [0.4, 0.5) is 34.1 Å². The van der Waals surface area contributed by atoms with Crippen molar-refractivity contribution in [2.75, 3.05) is 9.80 Å². The molecule has 0 aliphatic rings. The molecule has 14 rings (SSSR count). The van der Waals surface area contributed by atoms with Crippen LogP contribution in [0.3, 0.4) is 0 Å². The standard InChI is InChI=1S/C64H41N3S2/c1-4-19-45(20-5-1)65(48-33-31-42-17-10-11-18-43(42)37-48)50-39-56-55-38-44(51-27-16-29-58-63(51)54-26-12-14-28-57(54)67(58)47-23-8-3-9-24-47)32-36-61(55)69-64(56)59(40-50)66(46-21-6-2-7-22-46)49-34-35-53-52-25-13-15-30-60(52)68-62(53)41-49/h1-41H. The van der Waals surface area contributed by atoms with Crippen LogP contribution in [-0.4, -0.2) is 4.57 Å². The van der Waals surface area contributed by atoms with Crippen molar-refractivity contribution in [3.8, 4) is 16.8 Å². The molecule has 14 aromatic rings. The minimum Gasteiger partial charge on any atom is -0.310 e. The number of benzene rings is 11. The van der Waals surface area contributed by atoms with E-state index in [1.807, 2.05) is 22.7 Å². The summed E-state index contributed by atoms with van der Waals surface area (Å²) in [6.07, 6.45) is 0. The van der Waals surface area contributed by atoms with Crippen LogP contribution in [0.15, 0.2) is 249 Å². The molecule has 0 radical (unpaired) electrons. The zero-order chi connectivity index (χ0) is 45.4. The highest BCUT2D eigenvalue weighted by atomic mass is 32.1. The number of hydrogen-bond acceptors (Lipinski definition) is 4. The smallest absolute Gasteiger partial charge is 0.0661 e. The van der Waals surface area contributed by atoms with E-state index in [0.717, 1.165) is 39.8 Å². The summed E-state index contributed by atoms with van der Waals surface area (Å²) in [7, 11) is 0. The van der Waals surface area contributed by atoms with Crippen LogP contribution in [0.25, 0.3) is 89.7 Å². The third kappa shape index (κ3) is 6.54. The Bertz CT molecular complexity index is 4260. The maximum atomic E-state index is 2.48. The van der Waals surface area contributed by atoms with E-state index < -0.39 is 0 Å². The van der Waals surface area contributed by atoms with E-state index in [2.05, 4.69) is 263 Å². The van der Waals surface area contributed by atoms with E-state index in [1.165, 1.54) is 84.0 Å². The molecule has 0 unspecified atom stereocenters. The first-order valence-electron chi connectivity index (χ1n) is 23.4. The topological polar surface area (TPSA) is 11.4 Å². The van der Waals surface area contributed by atoms with Gasteiger partial charge in [-0.3, -0.25) is 0 Å². The molecular formula is C64H41N3S2. The van der Waals surface area contributed by atoms with Crippen molar-refractivity contribution in [1.82, 2.24) is 4.57 Å². The third-order valence-corrected chi connectivity index (χ3v) is 16.0. The molecule has 3 heterocycles. The number of para-hydroxylation sites is 4. The van der Waals surface area contributed by atoms with Gasteiger partial charge < -0.3 is 14.4 Å². The number of aromatic nitrogens is 1. The van der Waals surface area contributed by atoms with Gasteiger partial charge in [0.15, 0.2) is 0 Å². The highest BCUT2D eigenvalue weighted by Crippen LogP contribution is 2.51. The molecule has 0 amide bonds. The van der Waals surface area contributed by atoms with Crippen molar-refractivity contribution in [2.45, 2.75) is 0 Å². The summed E-state index contributed by atoms with van der Waals surface area (Å²) in [6, 6.07) is 91.3. The minimum absolute atomic E-state index is 1.08. The Balaban J connectivity index is 1.05. The average Bonchev–Trinajstić information content (AvgIpc) is 4.09. The van der Waals surface area contributed by atoms with E-state index in [4.69, 9.17) is 0 Å². The Hall–Kier alpha value is -8.48. The first-order valence-corrected chi connectivity index (χ1v) is 25.0. The van der Waals surface area contributed by atoms with Gasteiger partial charge in [-0.1, -0.05) is 146 Å². The molecule has 0 atom stereocenters. The number of nitrogens with zero attached hydrogens (tertiary/aromatic N) is 3. The molecule has 0 N–H and O–H groups in total. The molecule has 3 aromatic heterocycles. The second-order valence-corrected chi connectivity index (χ2v) is 19.8. The summed E-state index contributed by atoms with van der Waals surface area (Å²) in [5.41, 5.74) is 12.6. The molecule has 0 bridgehead atoms. The quantitative estimate of drug-likeness (QED) is 0.150. The van der Waals surface area contributed by atoms with Crippen LogP contribution in [0.2, 0.25) is 0 Å². The lowest BCUT2D eigenvalue weighted by molar-refractivity contribution is 1.18. The maximum Gasteiger partial charge on any atom is 0.0661 e. The van der Waals surface area contributed by atoms with Crippen LogP contribution in [0, 0.1) is 0 Å². The molecule has 0 saturated carbocycles. The van der Waals surface area contributed by atoms with Gasteiger partial charge in [-0.2, -0.15) is 0 Å². The summed E-state index contributed by atoms with van der Waals surface area (Å²) < 4.78 is 7.46. The predicted molar refractivity (Wildman–Crippen MR) is 299 cm³/mol. The normalized spacial score (nSPS) is 11.8. The van der Waals surface area contributed by atoms with E-state index in [1.54, 1.807) is 0 Å². The predicted octanol–water partition coefficient (Wildman–Crippen LogP) is 19.3. The highest BCUT2D eigenvalue weighted by molar-refractivity contribution is 7.26. The summed E-state index contributed by atoms with van der Waals surface area (Å²) in [6.45, 7) is 0. The highest BCUT2D eigenvalue weighted by Gasteiger charge is 2.24. The van der Waals surface area contributed by atoms with Crippen molar-refractivity contribution in [2.24, 2.45) is 0 Å². The second kappa shape index (κ2) is 16.1. The molecule has 0 aliphatic carbocycles. The first kappa shape index (κ1) is 39.7. The molecule has 0 fully saturated rings. The first-order chi connectivity index (χ1) is 34.2. The van der Waals surface area contributed by atoms with E-state index in [0.29, 0.717) is 0 Å². The Morgan fingerprint density at radius 2 is 0.957 bits per heavy atom. The van der Waals surface area contributed by atoms with E-state index in [9.17, 15) is 0 Å². The van der Waals surface area contributed by atoms with Gasteiger partial charge in [-0.15, -0.1) is 22.7 Å². The van der Waals surface area contributed by atoms with Crippen molar-refractivity contribution >= 4 is 130 Å². The maximum absolute atomic E-state index is 2.48. The van der Waals surface area contributed by atoms with Gasteiger partial charge in [-0.05, 0) is 125 Å². The van der Waals surface area contributed by atoms with Crippen LogP contribution in [-0.2, 0) is 0 Å². The molecule has 11 aromatic carbocycles. The van der Waals surface area contributed by atoms with Crippen LogP contribution >= 0.6 is 22.7 Å². The lowest BCUT2D eigenvalue weighted by Gasteiger charge is -2.30. The molecule has 3 nitrogen and oxygen atoms in total. The fourth-order valence-corrected chi connectivity index (χ4v) is 12.9. The Kier molecular flexibility index (Phi) is 9.26. The fourth-order valence-electron chi connectivity index (χ4n) is 10.6. The minimum atomic E-state index is 1.08. The van der Waals surface area contributed by atoms with E-state index >= 15 is 0 Å². The van der Waals surface area contributed by atoms with Crippen molar-refractivity contribution in [1.29, 1.82) is 0 Å². The van der Waals surface area contributed by atoms with Gasteiger partial charge in [0.25, 0.3) is 0 Å². The summed E-state index contributed by atoms with van der Waals surface area (Å²) in [5.74, 6) is 0. The zero-order valence-electron chi connectivity index (χ0n) is 37.3. The molecule has 0 spiro atoms. The van der Waals surface area contributed by atoms with Crippen LogP contribution in [0.1, 0.15) is 0 Å². The molecule has 5 heteroatoms. The molecular weight excluding hydrogens is 875 g/mol. The SMILES string of the molecule is c1ccc(N(c2ccc3ccccc3c2)c2cc(N(c3ccccc3)c3ccc4c(c3)sc3ccccc34)c3sc4ccc(-c5cccc6c5c5ccccc5n6-c5ccccc5)cc4c3c2)cc1. The van der Waals surface area contributed by atoms with Gasteiger partial charge >= 0.3 is 0 Å². The van der Waals surface area contributed by atoms with Gasteiger partial charge in [0, 0.05) is 80.5 Å². The van der Waals surface area contributed by atoms with Crippen LogP contribution in [0.5, 0.6) is 0 Å². The van der Waals surface area contributed by atoms with Crippen molar-refractivity contribution in [3.05, 3.63) is 249 Å². The lowest BCUT2D eigenvalue weighted by Crippen LogP contribution is -2.13. The number of thiophene rings is 2. The van der Waals surface area contributed by atoms with Crippen molar-refractivity contribution in [3.63, 3.8) is 0 Å². The summed E-state index contributed by atoms with van der Waals surface area (Å²) in [4.78, 5) is 4.91. The van der Waals surface area contributed by atoms with Gasteiger partial charge in [0.05, 0.1) is 21.4 Å². The lowest BCUT2D eigenvalue weighted by atomic mass is 9.97. The Morgan fingerprint density at radius 3 is 1.78 bits per heavy atom. The molecule has 0 aliphatic heterocycles. The zero-order valence-corrected chi connectivity index (χ0v) is 39.0. The molecule has 324 valence electrons. The van der Waals surface area contributed by atoms with Crippen LogP contribution < -0.4 is 9.80 Å². The van der Waals surface area contributed by atoms with Gasteiger partial charge in [0.2, 0.25) is 0 Å². The molecule has 0 saturated heterocycles. The number of hydrogen-bond donors (Lipinski definition) is 0. The second-order valence-electron chi connectivity index (χ2n) is 17.7. The monoisotopic (exact) mass is 915 g/mol. The van der Waals surface area contributed by atoms with E-state index in [-0.39, 0.29) is 0 Å². The fraction of sp³-hybridized carbons (Fsp3) is 0. The number of fused-ring (bicyclic) bond motifs is 10. The number of anilines is 6. The average molecular weight is 916 g/mol. The van der Waals surface area contributed by atoms with Gasteiger partial charge in [-0.25, -0.2) is 0 Å². The van der Waals surface area contributed by atoms with Crippen molar-refractivity contribution < 1.29 is 0 Å². The third-order valence-electron chi connectivity index (χ3n) is 13.7. The summed E-state index contributed by atoms with van der Waals surface area (Å²) >= 11 is 3.74. The molecule has 69 heavy (non-hydrogen) atoms. The summed E-state index contributed by atoms with van der Waals surface area (Å²) in [5, 5.41) is 9.96. The number of rotatable bonds is 8. The Morgan fingerprint density at radius 1 is 0.319 bits per heavy atom. The van der Waals surface area contributed by atoms with Gasteiger partial charge in [0.1, 0.15) is 0 Å². The Labute approximate surface area is 407 Å². The largest absolute Gasteiger partial charge is 0.310 e.